The van der Waals surface area contributed by atoms with Gasteiger partial charge in [-0.2, -0.15) is 0 Å². The van der Waals surface area contributed by atoms with Gasteiger partial charge in [0.05, 0.1) is 6.26 Å². The first-order chi connectivity index (χ1) is 13.8. The van der Waals surface area contributed by atoms with E-state index in [2.05, 4.69) is 6.58 Å². The van der Waals surface area contributed by atoms with Crippen molar-refractivity contribution in [2.75, 3.05) is 6.61 Å². The summed E-state index contributed by atoms with van der Waals surface area (Å²) < 4.78 is 44.4. The molecule has 29 heavy (non-hydrogen) atoms. The molecular weight excluding hydrogens is 382 g/mol. The quantitative estimate of drug-likeness (QED) is 0.709. The van der Waals surface area contributed by atoms with E-state index < -0.39 is 17.6 Å². The monoisotopic (exact) mass is 400 g/mol. The van der Waals surface area contributed by atoms with E-state index in [1.54, 1.807) is 31.2 Å². The molecule has 0 bridgehead atoms. The van der Waals surface area contributed by atoms with Crippen LogP contribution in [0.15, 0.2) is 82.5 Å². The second kappa shape index (κ2) is 8.60. The van der Waals surface area contributed by atoms with Gasteiger partial charge in [0, 0.05) is 5.57 Å². The number of allylic oxidation sites excluding steroid dienone is 5. The van der Waals surface area contributed by atoms with Crippen molar-refractivity contribution in [3.63, 3.8) is 0 Å². The maximum atomic E-state index is 14.2. The van der Waals surface area contributed by atoms with Gasteiger partial charge in [0.1, 0.15) is 24.7 Å². The number of carbonyl (C=O) groups is 1. The summed E-state index contributed by atoms with van der Waals surface area (Å²) in [6, 6.07) is 9.54. The summed E-state index contributed by atoms with van der Waals surface area (Å²) in [7, 11) is 0. The zero-order valence-corrected chi connectivity index (χ0v) is 15.6. The van der Waals surface area contributed by atoms with E-state index in [9.17, 15) is 13.6 Å². The first kappa shape index (κ1) is 20.1. The second-order valence-electron chi connectivity index (χ2n) is 6.31. The van der Waals surface area contributed by atoms with E-state index in [-0.39, 0.29) is 24.5 Å². The van der Waals surface area contributed by atoms with E-state index in [0.29, 0.717) is 28.2 Å². The van der Waals surface area contributed by atoms with Crippen molar-refractivity contribution in [2.45, 2.75) is 13.5 Å². The Hall–Kier alpha value is -3.61. The van der Waals surface area contributed by atoms with Crippen LogP contribution in [0.1, 0.15) is 28.8 Å². The lowest BCUT2D eigenvalue weighted by Gasteiger charge is -2.09. The lowest BCUT2D eigenvalue weighted by Crippen LogP contribution is -1.97. The van der Waals surface area contributed by atoms with Crippen molar-refractivity contribution in [2.24, 2.45) is 0 Å². The van der Waals surface area contributed by atoms with Gasteiger partial charge in [0.2, 0.25) is 5.76 Å². The number of benzene rings is 1. The van der Waals surface area contributed by atoms with Crippen molar-refractivity contribution in [3.8, 4) is 5.75 Å². The maximum Gasteiger partial charge on any atom is 0.371 e. The minimum atomic E-state index is -1.16. The van der Waals surface area contributed by atoms with Crippen LogP contribution in [0.5, 0.6) is 5.75 Å². The molecule has 0 amide bonds. The number of carboxylic acid groups (broad SMARTS) is 1. The molecule has 0 aliphatic carbocycles. The number of rotatable bonds is 5. The number of carboxylic acids is 1. The van der Waals surface area contributed by atoms with Gasteiger partial charge in [-0.25, -0.2) is 13.6 Å². The van der Waals surface area contributed by atoms with Crippen molar-refractivity contribution in [1.29, 1.82) is 0 Å². The van der Waals surface area contributed by atoms with Gasteiger partial charge in [-0.05, 0) is 54.0 Å². The van der Waals surface area contributed by atoms with E-state index >= 15 is 0 Å². The SMILES string of the molecule is C=C1/C(C)=C\OC/C(c2ccc(OCc3ccc(C(=O)O)o3)cc2)=C\C(F)=C/1F. The molecule has 0 radical (unpaired) electrons. The number of aromatic carboxylic acids is 1. The highest BCUT2D eigenvalue weighted by atomic mass is 19.2. The van der Waals surface area contributed by atoms with Crippen LogP contribution in [0.2, 0.25) is 0 Å². The number of hydrogen-bond acceptors (Lipinski definition) is 4. The van der Waals surface area contributed by atoms with Gasteiger partial charge in [0.25, 0.3) is 0 Å². The van der Waals surface area contributed by atoms with E-state index in [1.807, 2.05) is 0 Å². The molecule has 2 heterocycles. The second-order valence-corrected chi connectivity index (χ2v) is 6.31. The Balaban J connectivity index is 1.74. The van der Waals surface area contributed by atoms with Gasteiger partial charge in [0.15, 0.2) is 11.7 Å². The van der Waals surface area contributed by atoms with Crippen LogP contribution in [-0.2, 0) is 11.3 Å². The third-order valence-corrected chi connectivity index (χ3v) is 4.23. The van der Waals surface area contributed by atoms with Gasteiger partial charge >= 0.3 is 5.97 Å². The molecule has 0 saturated carbocycles. The topological polar surface area (TPSA) is 68.9 Å². The molecule has 0 atom stereocenters. The molecule has 0 saturated heterocycles. The lowest BCUT2D eigenvalue weighted by atomic mass is 10.0. The maximum absolute atomic E-state index is 14.2. The molecule has 7 heteroatoms. The van der Waals surface area contributed by atoms with E-state index in [0.717, 1.165) is 6.08 Å². The summed E-state index contributed by atoms with van der Waals surface area (Å²) in [5.41, 5.74) is 1.41. The Morgan fingerprint density at radius 2 is 1.93 bits per heavy atom. The van der Waals surface area contributed by atoms with Crippen LogP contribution in [0.4, 0.5) is 8.78 Å². The zero-order valence-electron chi connectivity index (χ0n) is 15.6. The molecule has 1 aliphatic rings. The number of furan rings is 1. The molecule has 2 aromatic rings. The van der Waals surface area contributed by atoms with Crippen molar-refractivity contribution < 1.29 is 32.6 Å². The zero-order chi connectivity index (χ0) is 21.0. The average molecular weight is 400 g/mol. The van der Waals surface area contributed by atoms with Crippen LogP contribution in [0, 0.1) is 0 Å². The standard InChI is InChI=1S/C22H18F2O5/c1-13-10-27-11-16(9-19(23)21(24)14(13)2)15-3-5-17(6-4-15)28-12-18-7-8-20(29-18)22(25)26/h3-10H,2,11-12H2,1H3,(H,25,26)/b13-10-,16-9+,21-19-. The van der Waals surface area contributed by atoms with Crippen molar-refractivity contribution >= 4 is 11.5 Å². The summed E-state index contributed by atoms with van der Waals surface area (Å²) in [5, 5.41) is 8.85. The van der Waals surface area contributed by atoms with Gasteiger partial charge in [-0.15, -0.1) is 0 Å². The van der Waals surface area contributed by atoms with E-state index in [4.69, 9.17) is 19.0 Å². The van der Waals surface area contributed by atoms with Crippen LogP contribution in [0.25, 0.3) is 5.57 Å². The Morgan fingerprint density at radius 3 is 2.59 bits per heavy atom. The highest BCUT2D eigenvalue weighted by Gasteiger charge is 2.15. The van der Waals surface area contributed by atoms with Crippen molar-refractivity contribution in [1.82, 2.24) is 0 Å². The number of ether oxygens (including phenoxy) is 2. The summed E-state index contributed by atoms with van der Waals surface area (Å²) in [6.45, 7) is 5.22. The minimum absolute atomic E-state index is 0.0488. The highest BCUT2D eigenvalue weighted by molar-refractivity contribution is 5.84. The molecule has 5 nitrogen and oxygen atoms in total. The van der Waals surface area contributed by atoms with Crippen LogP contribution < -0.4 is 4.74 Å². The summed E-state index contributed by atoms with van der Waals surface area (Å²) in [6.07, 6.45) is 2.43. The largest absolute Gasteiger partial charge is 0.496 e. The molecule has 1 aromatic heterocycles. The normalized spacial score (nSPS) is 21.0. The first-order valence-electron chi connectivity index (χ1n) is 8.64. The third-order valence-electron chi connectivity index (χ3n) is 4.23. The molecule has 1 N–H and O–H groups in total. The highest BCUT2D eigenvalue weighted by Crippen LogP contribution is 2.29. The molecule has 0 fully saturated rings. The molecule has 150 valence electrons. The fourth-order valence-electron chi connectivity index (χ4n) is 2.56. The summed E-state index contributed by atoms with van der Waals surface area (Å²) >= 11 is 0. The van der Waals surface area contributed by atoms with E-state index in [1.165, 1.54) is 18.4 Å². The molecule has 0 spiro atoms. The first-order valence-corrected chi connectivity index (χ1v) is 8.64. The Labute approximate surface area is 165 Å². The van der Waals surface area contributed by atoms with Crippen LogP contribution >= 0.6 is 0 Å². The third kappa shape index (κ3) is 4.82. The predicted octanol–water partition coefficient (Wildman–Crippen LogP) is 5.58. The molecule has 1 aromatic carbocycles. The van der Waals surface area contributed by atoms with Crippen molar-refractivity contribution in [3.05, 3.63) is 95.2 Å². The molecule has 0 unspecified atom stereocenters. The van der Waals surface area contributed by atoms with Crippen LogP contribution in [0.3, 0.4) is 0 Å². The Morgan fingerprint density at radius 1 is 1.21 bits per heavy atom. The average Bonchev–Trinajstić information content (AvgIpc) is 3.20. The minimum Gasteiger partial charge on any atom is -0.496 e. The molecule has 3 rings (SSSR count). The fourth-order valence-corrected chi connectivity index (χ4v) is 2.56. The Kier molecular flexibility index (Phi) is 5.97. The molecule has 1 aliphatic heterocycles. The number of halogens is 2. The molecular formula is C22H18F2O5. The smallest absolute Gasteiger partial charge is 0.371 e. The van der Waals surface area contributed by atoms with Gasteiger partial charge in [-0.1, -0.05) is 18.7 Å². The number of hydrogen-bond donors (Lipinski definition) is 1. The van der Waals surface area contributed by atoms with Gasteiger partial charge in [-0.3, -0.25) is 0 Å². The summed E-state index contributed by atoms with van der Waals surface area (Å²) in [4.78, 5) is 10.8. The van der Waals surface area contributed by atoms with Crippen LogP contribution in [-0.4, -0.2) is 17.7 Å². The van der Waals surface area contributed by atoms with Gasteiger partial charge < -0.3 is 19.0 Å². The predicted molar refractivity (Wildman–Crippen MR) is 103 cm³/mol. The fraction of sp³-hybridized carbons (Fsp3) is 0.136. The summed E-state index contributed by atoms with van der Waals surface area (Å²) in [5.74, 6) is -2.50. The Bertz CT molecular complexity index is 1030. The lowest BCUT2D eigenvalue weighted by molar-refractivity contribution is 0.0658.